The van der Waals surface area contributed by atoms with E-state index in [0.717, 1.165) is 5.56 Å². The van der Waals surface area contributed by atoms with Crippen LogP contribution in [0.1, 0.15) is 32.8 Å². The van der Waals surface area contributed by atoms with Crippen LogP contribution in [0.2, 0.25) is 0 Å². The first kappa shape index (κ1) is 16.0. The van der Waals surface area contributed by atoms with E-state index in [0.29, 0.717) is 6.42 Å². The van der Waals surface area contributed by atoms with Crippen molar-refractivity contribution in [1.29, 1.82) is 0 Å². The Balaban J connectivity index is 0.000000956. The van der Waals surface area contributed by atoms with E-state index in [2.05, 4.69) is 0 Å². The number of ether oxygens (including phenoxy) is 1. The molecule has 0 aromatic heterocycles. The summed E-state index contributed by atoms with van der Waals surface area (Å²) in [5.74, 6) is -1.36. The second-order valence-electron chi connectivity index (χ2n) is 4.15. The Kier molecular flexibility index (Phi) is 5.97. The smallest absolute Gasteiger partial charge is 0.346 e. The van der Waals surface area contributed by atoms with Gasteiger partial charge in [-0.05, 0) is 12.0 Å². The molecule has 4 heteroatoms. The van der Waals surface area contributed by atoms with Crippen LogP contribution in [0, 0.1) is 0 Å². The van der Waals surface area contributed by atoms with Gasteiger partial charge >= 0.3 is 5.97 Å². The molecule has 0 fully saturated rings. The quantitative estimate of drug-likeness (QED) is 0.678. The molecule has 0 spiro atoms. The zero-order chi connectivity index (χ0) is 15.1. The lowest BCUT2D eigenvalue weighted by Gasteiger charge is -2.04. The van der Waals surface area contributed by atoms with E-state index in [-0.39, 0.29) is 17.8 Å². The monoisotopic (exact) mass is 276 g/mol. The lowest BCUT2D eigenvalue weighted by Crippen LogP contribution is -2.13. The molecule has 1 N–H and O–H groups in total. The third-order valence-electron chi connectivity index (χ3n) is 2.87. The fourth-order valence-electron chi connectivity index (χ4n) is 1.91. The Labute approximate surface area is 119 Å². The summed E-state index contributed by atoms with van der Waals surface area (Å²) in [6.45, 7) is 5.78. The standard InChI is InChI=1S/C14H14O4.C2H6/c1-2-11-13(16)12(14(17)18-11)10(15)8-9-6-4-3-5-7-9;1-2/h3-7,11,16H,2,8H2,1H3;1-2H3. The fraction of sp³-hybridized carbons (Fsp3) is 0.375. The van der Waals surface area contributed by atoms with Gasteiger partial charge in [0.05, 0.1) is 0 Å². The Hall–Kier alpha value is -2.10. The SMILES string of the molecule is CC.CCC1OC(=O)C(C(=O)Cc2ccccc2)=C1O. The average molecular weight is 276 g/mol. The molecule has 1 heterocycles. The first-order valence-corrected chi connectivity index (χ1v) is 6.84. The number of hydrogen-bond acceptors (Lipinski definition) is 4. The summed E-state index contributed by atoms with van der Waals surface area (Å²) in [5, 5.41) is 9.78. The summed E-state index contributed by atoms with van der Waals surface area (Å²) >= 11 is 0. The largest absolute Gasteiger partial charge is 0.507 e. The molecule has 4 nitrogen and oxygen atoms in total. The molecule has 1 aliphatic rings. The summed E-state index contributed by atoms with van der Waals surface area (Å²) in [6, 6.07) is 9.08. The molecule has 1 aliphatic heterocycles. The molecular formula is C16H20O4. The van der Waals surface area contributed by atoms with Crippen LogP contribution in [0.5, 0.6) is 0 Å². The van der Waals surface area contributed by atoms with Crippen molar-refractivity contribution in [2.45, 2.75) is 39.7 Å². The molecule has 0 saturated carbocycles. The number of esters is 1. The van der Waals surface area contributed by atoms with Gasteiger partial charge in [0, 0.05) is 6.42 Å². The molecule has 1 atom stereocenters. The fourth-order valence-corrected chi connectivity index (χ4v) is 1.91. The molecule has 0 bridgehead atoms. The van der Waals surface area contributed by atoms with Crippen LogP contribution < -0.4 is 0 Å². The van der Waals surface area contributed by atoms with E-state index in [1.165, 1.54) is 0 Å². The second kappa shape index (κ2) is 7.48. The maximum absolute atomic E-state index is 12.0. The Morgan fingerprint density at radius 3 is 2.35 bits per heavy atom. The van der Waals surface area contributed by atoms with Gasteiger partial charge < -0.3 is 9.84 Å². The van der Waals surface area contributed by atoms with E-state index in [9.17, 15) is 14.7 Å². The van der Waals surface area contributed by atoms with Crippen molar-refractivity contribution in [3.05, 3.63) is 47.2 Å². The minimum atomic E-state index is -0.722. The number of carbonyl (C=O) groups is 2. The molecule has 0 aliphatic carbocycles. The Bertz CT molecular complexity index is 502. The normalized spacial score (nSPS) is 17.4. The van der Waals surface area contributed by atoms with Crippen molar-refractivity contribution < 1.29 is 19.4 Å². The lowest BCUT2D eigenvalue weighted by atomic mass is 10.0. The number of benzene rings is 1. The van der Waals surface area contributed by atoms with Crippen LogP contribution in [-0.4, -0.2) is 23.0 Å². The third-order valence-corrected chi connectivity index (χ3v) is 2.87. The maximum Gasteiger partial charge on any atom is 0.346 e. The number of carbonyl (C=O) groups excluding carboxylic acids is 2. The van der Waals surface area contributed by atoms with Crippen molar-refractivity contribution in [1.82, 2.24) is 0 Å². The van der Waals surface area contributed by atoms with E-state index in [1.54, 1.807) is 19.1 Å². The number of aliphatic hydroxyl groups is 1. The zero-order valence-electron chi connectivity index (χ0n) is 12.1. The van der Waals surface area contributed by atoms with Gasteiger partial charge in [-0.2, -0.15) is 0 Å². The van der Waals surface area contributed by atoms with Gasteiger partial charge in [0.25, 0.3) is 0 Å². The van der Waals surface area contributed by atoms with Crippen molar-refractivity contribution in [2.24, 2.45) is 0 Å². The highest BCUT2D eigenvalue weighted by atomic mass is 16.6. The van der Waals surface area contributed by atoms with Gasteiger partial charge in [0.2, 0.25) is 0 Å². The van der Waals surface area contributed by atoms with Crippen molar-refractivity contribution in [3.63, 3.8) is 0 Å². The summed E-state index contributed by atoms with van der Waals surface area (Å²) in [7, 11) is 0. The minimum absolute atomic E-state index is 0.0891. The van der Waals surface area contributed by atoms with E-state index < -0.39 is 17.9 Å². The Morgan fingerprint density at radius 1 is 1.25 bits per heavy atom. The van der Waals surface area contributed by atoms with Crippen LogP contribution in [-0.2, 0) is 20.7 Å². The number of hydrogen-bond donors (Lipinski definition) is 1. The van der Waals surface area contributed by atoms with Crippen molar-refractivity contribution in [3.8, 4) is 0 Å². The molecule has 0 radical (unpaired) electrons. The number of rotatable bonds is 4. The lowest BCUT2D eigenvalue weighted by molar-refractivity contribution is -0.141. The van der Waals surface area contributed by atoms with Gasteiger partial charge in [-0.15, -0.1) is 0 Å². The Morgan fingerprint density at radius 2 is 1.85 bits per heavy atom. The molecule has 108 valence electrons. The highest BCUT2D eigenvalue weighted by Gasteiger charge is 2.36. The predicted molar refractivity (Wildman–Crippen MR) is 76.3 cm³/mol. The molecule has 2 rings (SSSR count). The second-order valence-corrected chi connectivity index (χ2v) is 4.15. The van der Waals surface area contributed by atoms with Crippen LogP contribution in [0.4, 0.5) is 0 Å². The third kappa shape index (κ3) is 3.47. The van der Waals surface area contributed by atoms with E-state index in [4.69, 9.17) is 4.74 Å². The van der Waals surface area contributed by atoms with Gasteiger partial charge in [0.15, 0.2) is 17.6 Å². The number of cyclic esters (lactones) is 1. The van der Waals surface area contributed by atoms with Gasteiger partial charge in [0.1, 0.15) is 5.57 Å². The summed E-state index contributed by atoms with van der Waals surface area (Å²) in [6.07, 6.45) is -0.127. The molecular weight excluding hydrogens is 256 g/mol. The summed E-state index contributed by atoms with van der Waals surface area (Å²) < 4.78 is 4.91. The number of aliphatic hydroxyl groups excluding tert-OH is 1. The number of ketones is 1. The minimum Gasteiger partial charge on any atom is -0.507 e. The van der Waals surface area contributed by atoms with Crippen LogP contribution in [0.15, 0.2) is 41.7 Å². The van der Waals surface area contributed by atoms with Crippen LogP contribution in [0.3, 0.4) is 0 Å². The average Bonchev–Trinajstić information content (AvgIpc) is 2.76. The molecule has 1 unspecified atom stereocenters. The highest BCUT2D eigenvalue weighted by Crippen LogP contribution is 2.24. The van der Waals surface area contributed by atoms with Crippen LogP contribution >= 0.6 is 0 Å². The molecule has 0 saturated heterocycles. The van der Waals surface area contributed by atoms with Crippen LogP contribution in [0.25, 0.3) is 0 Å². The van der Waals surface area contributed by atoms with Gasteiger partial charge in [-0.1, -0.05) is 51.1 Å². The van der Waals surface area contributed by atoms with Gasteiger partial charge in [-0.3, -0.25) is 4.79 Å². The highest BCUT2D eigenvalue weighted by molar-refractivity contribution is 6.19. The summed E-state index contributed by atoms with van der Waals surface area (Å²) in [5.41, 5.74) is 0.598. The first-order valence-electron chi connectivity index (χ1n) is 6.84. The molecule has 20 heavy (non-hydrogen) atoms. The summed E-state index contributed by atoms with van der Waals surface area (Å²) in [4.78, 5) is 23.5. The molecule has 0 amide bonds. The zero-order valence-corrected chi connectivity index (χ0v) is 12.1. The van der Waals surface area contributed by atoms with E-state index in [1.807, 2.05) is 32.0 Å². The van der Waals surface area contributed by atoms with Crippen molar-refractivity contribution in [2.75, 3.05) is 0 Å². The maximum atomic E-state index is 12.0. The van der Waals surface area contributed by atoms with Crippen molar-refractivity contribution >= 4 is 11.8 Å². The van der Waals surface area contributed by atoms with Gasteiger partial charge in [-0.25, -0.2) is 4.79 Å². The predicted octanol–water partition coefficient (Wildman–Crippen LogP) is 2.97. The molecule has 1 aromatic rings. The topological polar surface area (TPSA) is 63.6 Å². The number of Topliss-reactive ketones (excluding diaryl/α,β-unsaturated/α-hetero) is 1. The molecule has 1 aromatic carbocycles. The first-order chi connectivity index (χ1) is 9.63. The van der Waals surface area contributed by atoms with E-state index >= 15 is 0 Å².